The molecule has 4 unspecified atom stereocenters. The summed E-state index contributed by atoms with van der Waals surface area (Å²) >= 11 is 0. The predicted molar refractivity (Wildman–Crippen MR) is 68.1 cm³/mol. The van der Waals surface area contributed by atoms with E-state index in [0.29, 0.717) is 17.8 Å². The zero-order chi connectivity index (χ0) is 11.9. The van der Waals surface area contributed by atoms with E-state index >= 15 is 0 Å². The first-order valence-electron chi connectivity index (χ1n) is 6.46. The van der Waals surface area contributed by atoms with Crippen LogP contribution in [0.25, 0.3) is 0 Å². The highest BCUT2D eigenvalue weighted by Gasteiger charge is 2.43. The van der Waals surface area contributed by atoms with Crippen LogP contribution in [0.2, 0.25) is 0 Å². The van der Waals surface area contributed by atoms with Crippen molar-refractivity contribution in [3.63, 3.8) is 0 Å². The van der Waals surface area contributed by atoms with Gasteiger partial charge in [-0.3, -0.25) is 0 Å². The molecule has 90 valence electrons. The smallest absolute Gasteiger partial charge is 0.0656 e. The Morgan fingerprint density at radius 2 is 2.25 bits per heavy atom. The Labute approximate surface area is 99.3 Å². The highest BCUT2D eigenvalue weighted by molar-refractivity contribution is 5.18. The van der Waals surface area contributed by atoms with Crippen molar-refractivity contribution in [1.29, 1.82) is 0 Å². The molecule has 16 heavy (non-hydrogen) atoms. The molecular weight excluding hydrogens is 196 g/mol. The first-order valence-corrected chi connectivity index (χ1v) is 6.46. The lowest BCUT2D eigenvalue weighted by molar-refractivity contribution is -0.0153. The molecule has 0 heterocycles. The van der Waals surface area contributed by atoms with Crippen molar-refractivity contribution in [3.05, 3.63) is 23.8 Å². The number of allylic oxidation sites excluding steroid dienone is 3. The van der Waals surface area contributed by atoms with E-state index in [9.17, 15) is 5.11 Å². The van der Waals surface area contributed by atoms with Gasteiger partial charge in [-0.15, -0.1) is 0 Å². The summed E-state index contributed by atoms with van der Waals surface area (Å²) in [5.74, 6) is 1.62. The van der Waals surface area contributed by atoms with Gasteiger partial charge in [-0.2, -0.15) is 0 Å². The van der Waals surface area contributed by atoms with Crippen LogP contribution in [0.15, 0.2) is 23.8 Å². The Balaban J connectivity index is 2.24. The van der Waals surface area contributed by atoms with E-state index in [1.807, 2.05) is 6.92 Å². The minimum Gasteiger partial charge on any atom is -0.390 e. The van der Waals surface area contributed by atoms with Crippen LogP contribution in [0.4, 0.5) is 0 Å². The summed E-state index contributed by atoms with van der Waals surface area (Å²) in [5, 5.41) is 10.6. The Kier molecular flexibility index (Phi) is 3.00. The quantitative estimate of drug-likeness (QED) is 0.668. The van der Waals surface area contributed by atoms with Gasteiger partial charge in [0, 0.05) is 0 Å². The molecule has 1 nitrogen and oxygen atoms in total. The van der Waals surface area contributed by atoms with E-state index in [0.717, 1.165) is 19.3 Å². The highest BCUT2D eigenvalue weighted by Crippen LogP contribution is 2.48. The summed E-state index contributed by atoms with van der Waals surface area (Å²) in [4.78, 5) is 0. The second kappa shape index (κ2) is 4.03. The number of aliphatic hydroxyl groups is 1. The van der Waals surface area contributed by atoms with Gasteiger partial charge in [0.15, 0.2) is 0 Å². The topological polar surface area (TPSA) is 20.2 Å². The van der Waals surface area contributed by atoms with Gasteiger partial charge in [0.1, 0.15) is 0 Å². The SMILES string of the molecule is C=C(C)C1CCC(C)(O)C2CC=C(C)C2C1. The predicted octanol–water partition coefficient (Wildman–Crippen LogP) is 3.70. The van der Waals surface area contributed by atoms with Crippen molar-refractivity contribution in [1.82, 2.24) is 0 Å². The van der Waals surface area contributed by atoms with Gasteiger partial charge in [0.2, 0.25) is 0 Å². The lowest BCUT2D eigenvalue weighted by Gasteiger charge is -2.32. The van der Waals surface area contributed by atoms with Gasteiger partial charge < -0.3 is 5.11 Å². The maximum atomic E-state index is 10.6. The summed E-state index contributed by atoms with van der Waals surface area (Å²) in [7, 11) is 0. The number of rotatable bonds is 1. The molecule has 0 aromatic rings. The minimum atomic E-state index is -0.483. The second-order valence-electron chi connectivity index (χ2n) is 6.07. The van der Waals surface area contributed by atoms with Crippen LogP contribution < -0.4 is 0 Å². The lowest BCUT2D eigenvalue weighted by Crippen LogP contribution is -2.35. The maximum absolute atomic E-state index is 10.6. The molecule has 0 aromatic heterocycles. The standard InChI is InChI=1S/C15H24O/c1-10(2)12-7-8-15(4,16)14-6-5-11(3)13(14)9-12/h5,12-14,16H,1,6-9H2,2-4H3. The first-order chi connectivity index (χ1) is 7.42. The molecule has 1 saturated carbocycles. The van der Waals surface area contributed by atoms with E-state index < -0.39 is 5.60 Å². The van der Waals surface area contributed by atoms with Gasteiger partial charge in [-0.25, -0.2) is 0 Å². The Morgan fingerprint density at radius 3 is 2.88 bits per heavy atom. The van der Waals surface area contributed by atoms with E-state index in [2.05, 4.69) is 26.5 Å². The van der Waals surface area contributed by atoms with Gasteiger partial charge >= 0.3 is 0 Å². The molecule has 0 bridgehead atoms. The molecule has 1 N–H and O–H groups in total. The fourth-order valence-corrected chi connectivity index (χ4v) is 3.51. The van der Waals surface area contributed by atoms with Crippen molar-refractivity contribution in [2.45, 2.75) is 52.1 Å². The Bertz CT molecular complexity index is 324. The first kappa shape index (κ1) is 11.9. The minimum absolute atomic E-state index is 0.442. The fourth-order valence-electron chi connectivity index (χ4n) is 3.51. The molecule has 0 radical (unpaired) electrons. The number of hydrogen-bond donors (Lipinski definition) is 1. The van der Waals surface area contributed by atoms with Crippen LogP contribution in [0, 0.1) is 17.8 Å². The summed E-state index contributed by atoms with van der Waals surface area (Å²) in [6, 6.07) is 0. The summed E-state index contributed by atoms with van der Waals surface area (Å²) in [5.41, 5.74) is 2.29. The summed E-state index contributed by atoms with van der Waals surface area (Å²) in [6.45, 7) is 10.5. The molecule has 0 saturated heterocycles. The molecule has 2 aliphatic rings. The van der Waals surface area contributed by atoms with Crippen LogP contribution in [0.5, 0.6) is 0 Å². The molecule has 0 amide bonds. The lowest BCUT2D eigenvalue weighted by atomic mass is 9.77. The maximum Gasteiger partial charge on any atom is 0.0656 e. The van der Waals surface area contributed by atoms with Crippen molar-refractivity contribution in [2.24, 2.45) is 17.8 Å². The highest BCUT2D eigenvalue weighted by atomic mass is 16.3. The zero-order valence-electron chi connectivity index (χ0n) is 10.8. The molecule has 0 aliphatic heterocycles. The average molecular weight is 220 g/mol. The van der Waals surface area contributed by atoms with Crippen molar-refractivity contribution in [3.8, 4) is 0 Å². The van der Waals surface area contributed by atoms with Crippen LogP contribution in [0.1, 0.15) is 46.5 Å². The van der Waals surface area contributed by atoms with Crippen LogP contribution >= 0.6 is 0 Å². The van der Waals surface area contributed by atoms with Gasteiger partial charge in [-0.05, 0) is 64.2 Å². The summed E-state index contributed by atoms with van der Waals surface area (Å²) < 4.78 is 0. The molecule has 2 aliphatic carbocycles. The van der Waals surface area contributed by atoms with Crippen LogP contribution in [0.3, 0.4) is 0 Å². The third-order valence-corrected chi connectivity index (χ3v) is 4.80. The number of hydrogen-bond acceptors (Lipinski definition) is 1. The van der Waals surface area contributed by atoms with Crippen LogP contribution in [-0.4, -0.2) is 10.7 Å². The molecule has 4 atom stereocenters. The molecule has 1 heteroatoms. The fraction of sp³-hybridized carbons (Fsp3) is 0.733. The molecule has 0 aromatic carbocycles. The van der Waals surface area contributed by atoms with Crippen molar-refractivity contribution in [2.75, 3.05) is 0 Å². The third kappa shape index (κ3) is 1.98. The third-order valence-electron chi connectivity index (χ3n) is 4.80. The molecule has 0 spiro atoms. The average Bonchev–Trinajstić information content (AvgIpc) is 2.47. The number of fused-ring (bicyclic) bond motifs is 1. The van der Waals surface area contributed by atoms with Gasteiger partial charge in [0.05, 0.1) is 5.60 Å². The normalized spacial score (nSPS) is 43.5. The van der Waals surface area contributed by atoms with Crippen LogP contribution in [-0.2, 0) is 0 Å². The van der Waals surface area contributed by atoms with Gasteiger partial charge in [-0.1, -0.05) is 23.8 Å². The molecular formula is C15H24O. The molecule has 1 fully saturated rings. The monoisotopic (exact) mass is 220 g/mol. The van der Waals surface area contributed by atoms with Gasteiger partial charge in [0.25, 0.3) is 0 Å². The summed E-state index contributed by atoms with van der Waals surface area (Å²) in [6.07, 6.45) is 6.60. The van der Waals surface area contributed by atoms with Crippen molar-refractivity contribution < 1.29 is 5.11 Å². The van der Waals surface area contributed by atoms with E-state index in [1.165, 1.54) is 17.6 Å². The van der Waals surface area contributed by atoms with Crippen molar-refractivity contribution >= 4 is 0 Å². The van der Waals surface area contributed by atoms with E-state index in [1.54, 1.807) is 0 Å². The molecule has 2 rings (SSSR count). The Hall–Kier alpha value is -0.560. The second-order valence-corrected chi connectivity index (χ2v) is 6.07. The van der Waals surface area contributed by atoms with E-state index in [-0.39, 0.29) is 0 Å². The Morgan fingerprint density at radius 1 is 1.56 bits per heavy atom. The van der Waals surface area contributed by atoms with E-state index in [4.69, 9.17) is 0 Å². The zero-order valence-corrected chi connectivity index (χ0v) is 10.8. The largest absolute Gasteiger partial charge is 0.390 e.